The molecule has 0 aliphatic heterocycles. The predicted octanol–water partition coefficient (Wildman–Crippen LogP) is 0.459. The van der Waals surface area contributed by atoms with Gasteiger partial charge in [0.15, 0.2) is 0 Å². The summed E-state index contributed by atoms with van der Waals surface area (Å²) in [6.45, 7) is 1.88. The summed E-state index contributed by atoms with van der Waals surface area (Å²) in [6, 6.07) is 0. The third-order valence-electron chi connectivity index (χ3n) is 1.62. The lowest BCUT2D eigenvalue weighted by Gasteiger charge is -1.89. The van der Waals surface area contributed by atoms with Crippen LogP contribution in [0.15, 0.2) is 11.2 Å². The maximum atomic E-state index is 11.2. The number of hydrogen-bond acceptors (Lipinski definition) is 3. The molecule has 1 heterocycles. The third-order valence-corrected chi connectivity index (χ3v) is 1.62. The number of hydrogen-bond donors (Lipinski definition) is 0. The number of carbonyl (C=O) groups excluding carboxylic acids is 2. The Morgan fingerprint density at radius 1 is 1.77 bits per heavy atom. The Morgan fingerprint density at radius 2 is 2.46 bits per heavy atom. The van der Waals surface area contributed by atoms with Crippen LogP contribution in [-0.2, 0) is 18.3 Å². The van der Waals surface area contributed by atoms with E-state index in [9.17, 15) is 9.59 Å². The highest BCUT2D eigenvalue weighted by atomic mass is 16.2. The summed E-state index contributed by atoms with van der Waals surface area (Å²) in [7, 11) is 1.71. The minimum atomic E-state index is -0.583. The van der Waals surface area contributed by atoms with E-state index in [0.717, 1.165) is 0 Å². The zero-order valence-corrected chi connectivity index (χ0v) is 7.44. The lowest BCUT2D eigenvalue weighted by atomic mass is 10.2. The Kier molecular flexibility index (Phi) is 2.72. The topological polar surface area (TPSA) is 64.3 Å². The van der Waals surface area contributed by atoms with Crippen LogP contribution in [0, 0.1) is 0 Å². The number of isocyanates is 1. The molecular formula is C8H9N3O2. The summed E-state index contributed by atoms with van der Waals surface area (Å²) in [4.78, 5) is 24.0. The maximum absolute atomic E-state index is 11.2. The molecule has 1 rings (SSSR count). The highest BCUT2D eigenvalue weighted by Gasteiger charge is 2.12. The molecule has 13 heavy (non-hydrogen) atoms. The number of rotatable bonds is 2. The molecule has 1 amide bonds. The molecule has 68 valence electrons. The van der Waals surface area contributed by atoms with Crippen LogP contribution in [0.3, 0.4) is 0 Å². The van der Waals surface area contributed by atoms with E-state index in [-0.39, 0.29) is 0 Å². The van der Waals surface area contributed by atoms with Gasteiger partial charge in [-0.25, -0.2) is 4.79 Å². The van der Waals surface area contributed by atoms with Gasteiger partial charge in [-0.15, -0.1) is 4.99 Å². The van der Waals surface area contributed by atoms with Crippen molar-refractivity contribution in [2.75, 3.05) is 0 Å². The van der Waals surface area contributed by atoms with Crippen molar-refractivity contribution in [1.82, 2.24) is 9.78 Å². The summed E-state index contributed by atoms with van der Waals surface area (Å²) in [6.07, 6.45) is 3.39. The molecule has 1 aromatic heterocycles. The average molecular weight is 179 g/mol. The molecule has 0 aliphatic carbocycles. The fourth-order valence-corrected chi connectivity index (χ4v) is 1.08. The van der Waals surface area contributed by atoms with Crippen LogP contribution in [0.4, 0.5) is 0 Å². The molecule has 5 nitrogen and oxygen atoms in total. The van der Waals surface area contributed by atoms with Gasteiger partial charge in [-0.2, -0.15) is 5.10 Å². The van der Waals surface area contributed by atoms with Crippen LogP contribution in [0.25, 0.3) is 0 Å². The van der Waals surface area contributed by atoms with Crippen molar-refractivity contribution < 1.29 is 9.59 Å². The normalized spacial score (nSPS) is 9.38. The Labute approximate surface area is 75.1 Å². The summed E-state index contributed by atoms with van der Waals surface area (Å²) < 4.78 is 1.52. The highest BCUT2D eigenvalue weighted by molar-refractivity contribution is 5.98. The molecule has 5 heteroatoms. The number of carbonyl (C=O) groups is 1. The first-order chi connectivity index (χ1) is 6.19. The van der Waals surface area contributed by atoms with Crippen molar-refractivity contribution in [1.29, 1.82) is 0 Å². The molecule has 0 saturated heterocycles. The van der Waals surface area contributed by atoms with Gasteiger partial charge in [-0.3, -0.25) is 9.48 Å². The zero-order chi connectivity index (χ0) is 9.84. The minimum absolute atomic E-state index is 0.369. The van der Waals surface area contributed by atoms with Crippen molar-refractivity contribution in [2.24, 2.45) is 12.0 Å². The van der Waals surface area contributed by atoms with Crippen molar-refractivity contribution >= 4 is 12.0 Å². The van der Waals surface area contributed by atoms with E-state index in [1.807, 2.05) is 6.92 Å². The molecular weight excluding hydrogens is 170 g/mol. The number of aryl methyl sites for hydroxylation is 2. The second-order valence-corrected chi connectivity index (χ2v) is 2.52. The van der Waals surface area contributed by atoms with Gasteiger partial charge in [0.25, 0.3) is 5.91 Å². The molecule has 0 N–H and O–H groups in total. The second-order valence-electron chi connectivity index (χ2n) is 2.52. The lowest BCUT2D eigenvalue weighted by Crippen LogP contribution is -1.97. The highest BCUT2D eigenvalue weighted by Crippen LogP contribution is 2.07. The fraction of sp³-hybridized carbons (Fsp3) is 0.375. The summed E-state index contributed by atoms with van der Waals surface area (Å²) >= 11 is 0. The van der Waals surface area contributed by atoms with Crippen LogP contribution in [-0.4, -0.2) is 21.8 Å². The molecule has 0 unspecified atom stereocenters. The molecule has 0 aromatic carbocycles. The fourth-order valence-electron chi connectivity index (χ4n) is 1.08. The van der Waals surface area contributed by atoms with Gasteiger partial charge in [-0.05, 0) is 6.42 Å². The van der Waals surface area contributed by atoms with E-state index < -0.39 is 5.91 Å². The Hall–Kier alpha value is -1.74. The van der Waals surface area contributed by atoms with E-state index in [1.54, 1.807) is 13.2 Å². The molecule has 0 spiro atoms. The summed E-state index contributed by atoms with van der Waals surface area (Å²) in [5.41, 5.74) is 1.01. The average Bonchev–Trinajstić information content (AvgIpc) is 2.47. The van der Waals surface area contributed by atoms with Crippen LogP contribution in [0.2, 0.25) is 0 Å². The van der Waals surface area contributed by atoms with E-state index in [2.05, 4.69) is 10.1 Å². The Bertz CT molecular complexity index is 375. The van der Waals surface area contributed by atoms with Crippen LogP contribution in [0.1, 0.15) is 23.0 Å². The Morgan fingerprint density at radius 3 is 3.00 bits per heavy atom. The van der Waals surface area contributed by atoms with Gasteiger partial charge in [-0.1, -0.05) is 6.92 Å². The van der Waals surface area contributed by atoms with Gasteiger partial charge >= 0.3 is 0 Å². The van der Waals surface area contributed by atoms with Crippen molar-refractivity contribution in [3.63, 3.8) is 0 Å². The summed E-state index contributed by atoms with van der Waals surface area (Å²) in [5.74, 6) is -0.583. The van der Waals surface area contributed by atoms with E-state index in [4.69, 9.17) is 0 Å². The first kappa shape index (κ1) is 9.35. The van der Waals surface area contributed by atoms with Gasteiger partial charge in [0.2, 0.25) is 6.08 Å². The van der Waals surface area contributed by atoms with Crippen molar-refractivity contribution in [3.8, 4) is 0 Å². The third kappa shape index (κ3) is 1.89. The SMILES string of the molecule is CCc1nn(C)cc1C(=O)N=C=O. The quantitative estimate of drug-likeness (QED) is 0.489. The van der Waals surface area contributed by atoms with Crippen LogP contribution < -0.4 is 0 Å². The van der Waals surface area contributed by atoms with E-state index in [1.165, 1.54) is 10.8 Å². The predicted molar refractivity (Wildman–Crippen MR) is 45.0 cm³/mol. The monoisotopic (exact) mass is 179 g/mol. The van der Waals surface area contributed by atoms with Crippen LogP contribution in [0.5, 0.6) is 0 Å². The molecule has 0 radical (unpaired) electrons. The number of aliphatic imine (C=N–C) groups is 1. The maximum Gasteiger partial charge on any atom is 0.291 e. The van der Waals surface area contributed by atoms with Crippen molar-refractivity contribution in [2.45, 2.75) is 13.3 Å². The first-order valence-corrected chi connectivity index (χ1v) is 3.83. The van der Waals surface area contributed by atoms with Gasteiger partial charge in [0.05, 0.1) is 11.3 Å². The van der Waals surface area contributed by atoms with E-state index >= 15 is 0 Å². The smallest absolute Gasteiger partial charge is 0.275 e. The molecule has 0 fully saturated rings. The molecule has 1 aromatic rings. The molecule has 0 aliphatic rings. The number of nitrogens with zero attached hydrogens (tertiary/aromatic N) is 3. The second kappa shape index (κ2) is 3.78. The van der Waals surface area contributed by atoms with Gasteiger partial charge in [0, 0.05) is 13.2 Å². The standard InChI is InChI=1S/C8H9N3O2/c1-3-7-6(4-11(2)10-7)8(13)9-5-12/h4H,3H2,1-2H3. The van der Waals surface area contributed by atoms with E-state index in [0.29, 0.717) is 17.7 Å². The zero-order valence-electron chi connectivity index (χ0n) is 7.44. The van der Waals surface area contributed by atoms with Crippen LogP contribution >= 0.6 is 0 Å². The first-order valence-electron chi connectivity index (χ1n) is 3.83. The van der Waals surface area contributed by atoms with Gasteiger partial charge < -0.3 is 0 Å². The Balaban J connectivity index is 3.12. The molecule has 0 saturated carbocycles. The number of aromatic nitrogens is 2. The minimum Gasteiger partial charge on any atom is -0.275 e. The summed E-state index contributed by atoms with van der Waals surface area (Å²) in [5, 5.41) is 4.04. The largest absolute Gasteiger partial charge is 0.291 e. The molecule has 0 atom stereocenters. The number of amides is 1. The molecule has 0 bridgehead atoms. The van der Waals surface area contributed by atoms with Gasteiger partial charge in [0.1, 0.15) is 0 Å². The lowest BCUT2D eigenvalue weighted by molar-refractivity contribution is 0.100. The van der Waals surface area contributed by atoms with Crippen molar-refractivity contribution in [3.05, 3.63) is 17.5 Å².